The summed E-state index contributed by atoms with van der Waals surface area (Å²) < 4.78 is 1.14. The number of benzene rings is 1. The Hall–Kier alpha value is -0.290. The average molecular weight is 278 g/mol. The van der Waals surface area contributed by atoms with Gasteiger partial charge in [0.2, 0.25) is 0 Å². The zero-order valence-corrected chi connectivity index (χ0v) is 8.35. The number of aromatic nitrogens is 2. The van der Waals surface area contributed by atoms with Crippen molar-refractivity contribution >= 4 is 45.2 Å². The van der Waals surface area contributed by atoms with Gasteiger partial charge < -0.3 is 4.98 Å². The third-order valence-electron chi connectivity index (χ3n) is 1.48. The second kappa shape index (κ2) is 2.64. The lowest BCUT2D eigenvalue weighted by Crippen LogP contribution is -1.76. The first kappa shape index (κ1) is 7.36. The maximum absolute atomic E-state index is 5.88. The van der Waals surface area contributed by atoms with Crippen LogP contribution in [0.25, 0.3) is 11.0 Å². The fourth-order valence-corrected chi connectivity index (χ4v) is 1.76. The van der Waals surface area contributed by atoms with Gasteiger partial charge in [-0.15, -0.1) is 0 Å². The molecule has 0 fully saturated rings. The van der Waals surface area contributed by atoms with Gasteiger partial charge in [0.25, 0.3) is 0 Å². The van der Waals surface area contributed by atoms with Crippen molar-refractivity contribution in [3.05, 3.63) is 27.1 Å². The quantitative estimate of drug-likeness (QED) is 0.738. The molecule has 0 unspecified atom stereocenters. The molecule has 0 amide bonds. The number of H-pyrrole nitrogens is 1. The highest BCUT2D eigenvalue weighted by Crippen LogP contribution is 2.23. The van der Waals surface area contributed by atoms with E-state index in [1.807, 2.05) is 12.1 Å². The van der Waals surface area contributed by atoms with Crippen LogP contribution in [0.4, 0.5) is 0 Å². The van der Waals surface area contributed by atoms with Crippen LogP contribution in [0.1, 0.15) is 0 Å². The zero-order chi connectivity index (χ0) is 7.84. The number of nitrogens with zero attached hydrogens (tertiary/aromatic N) is 1. The minimum Gasteiger partial charge on any atom is -0.344 e. The summed E-state index contributed by atoms with van der Waals surface area (Å²) in [4.78, 5) is 7.11. The fraction of sp³-hybridized carbons (Fsp3) is 0. The SMILES string of the molecule is Clc1ccc(I)c2[nH]cnc12. The number of rotatable bonds is 0. The van der Waals surface area contributed by atoms with Crippen LogP contribution in [0, 0.1) is 3.57 Å². The Morgan fingerprint density at radius 2 is 2.27 bits per heavy atom. The lowest BCUT2D eigenvalue weighted by Gasteiger charge is -1.93. The van der Waals surface area contributed by atoms with Gasteiger partial charge in [-0.1, -0.05) is 11.6 Å². The topological polar surface area (TPSA) is 28.7 Å². The molecular weight excluding hydrogens is 274 g/mol. The molecule has 1 aromatic carbocycles. The Morgan fingerprint density at radius 1 is 1.45 bits per heavy atom. The molecule has 2 nitrogen and oxygen atoms in total. The summed E-state index contributed by atoms with van der Waals surface area (Å²) in [5.41, 5.74) is 1.86. The number of hydrogen-bond acceptors (Lipinski definition) is 1. The van der Waals surface area contributed by atoms with Gasteiger partial charge in [0.1, 0.15) is 5.52 Å². The van der Waals surface area contributed by atoms with Crippen LogP contribution in [0.15, 0.2) is 18.5 Å². The summed E-state index contributed by atoms with van der Waals surface area (Å²) in [6, 6.07) is 3.82. The van der Waals surface area contributed by atoms with Crippen LogP contribution in [-0.4, -0.2) is 9.97 Å². The normalized spacial score (nSPS) is 10.7. The van der Waals surface area contributed by atoms with Crippen molar-refractivity contribution in [2.75, 3.05) is 0 Å². The van der Waals surface area contributed by atoms with Gasteiger partial charge in [-0.3, -0.25) is 0 Å². The van der Waals surface area contributed by atoms with E-state index < -0.39 is 0 Å². The van der Waals surface area contributed by atoms with Crippen LogP contribution in [0.3, 0.4) is 0 Å². The first-order valence-electron chi connectivity index (χ1n) is 3.06. The van der Waals surface area contributed by atoms with Crippen molar-refractivity contribution in [1.29, 1.82) is 0 Å². The fourth-order valence-electron chi connectivity index (χ4n) is 0.966. The Bertz CT molecular complexity index is 360. The number of aromatic amines is 1. The molecule has 1 heterocycles. The van der Waals surface area contributed by atoms with Gasteiger partial charge in [0, 0.05) is 3.57 Å². The summed E-state index contributed by atoms with van der Waals surface area (Å²) in [6.45, 7) is 0. The summed E-state index contributed by atoms with van der Waals surface area (Å²) in [6.07, 6.45) is 1.65. The van der Waals surface area contributed by atoms with E-state index in [4.69, 9.17) is 11.6 Å². The lowest BCUT2D eigenvalue weighted by molar-refractivity contribution is 1.34. The van der Waals surface area contributed by atoms with Gasteiger partial charge in [-0.25, -0.2) is 4.98 Å². The molecule has 2 rings (SSSR count). The van der Waals surface area contributed by atoms with E-state index >= 15 is 0 Å². The molecule has 1 aromatic heterocycles. The Kier molecular flexibility index (Phi) is 1.77. The second-order valence-electron chi connectivity index (χ2n) is 2.16. The van der Waals surface area contributed by atoms with Crippen molar-refractivity contribution < 1.29 is 0 Å². The predicted octanol–water partition coefficient (Wildman–Crippen LogP) is 2.82. The highest BCUT2D eigenvalue weighted by molar-refractivity contribution is 14.1. The summed E-state index contributed by atoms with van der Waals surface area (Å²) >= 11 is 8.13. The van der Waals surface area contributed by atoms with Gasteiger partial charge in [-0.05, 0) is 34.7 Å². The van der Waals surface area contributed by atoms with Gasteiger partial charge in [0.05, 0.1) is 16.9 Å². The summed E-state index contributed by atoms with van der Waals surface area (Å²) in [7, 11) is 0. The first-order chi connectivity index (χ1) is 5.29. The molecule has 0 saturated carbocycles. The molecule has 0 spiro atoms. The molecule has 0 aliphatic carbocycles. The zero-order valence-electron chi connectivity index (χ0n) is 5.44. The van der Waals surface area contributed by atoms with Crippen LogP contribution in [0.2, 0.25) is 5.02 Å². The molecule has 0 atom stereocenters. The van der Waals surface area contributed by atoms with Crippen LogP contribution < -0.4 is 0 Å². The first-order valence-corrected chi connectivity index (χ1v) is 4.52. The molecule has 56 valence electrons. The van der Waals surface area contributed by atoms with Crippen molar-refractivity contribution in [3.8, 4) is 0 Å². The number of imidazole rings is 1. The van der Waals surface area contributed by atoms with E-state index in [2.05, 4.69) is 32.6 Å². The minimum atomic E-state index is 0.696. The van der Waals surface area contributed by atoms with E-state index in [0.29, 0.717) is 5.02 Å². The van der Waals surface area contributed by atoms with Crippen molar-refractivity contribution in [3.63, 3.8) is 0 Å². The largest absolute Gasteiger partial charge is 0.344 e. The van der Waals surface area contributed by atoms with E-state index in [-0.39, 0.29) is 0 Å². The van der Waals surface area contributed by atoms with Gasteiger partial charge in [0.15, 0.2) is 0 Å². The highest BCUT2D eigenvalue weighted by atomic mass is 127. The molecule has 0 saturated heterocycles. The molecule has 2 aromatic rings. The smallest absolute Gasteiger partial charge is 0.108 e. The Morgan fingerprint density at radius 3 is 3.00 bits per heavy atom. The maximum Gasteiger partial charge on any atom is 0.108 e. The monoisotopic (exact) mass is 278 g/mol. The molecule has 0 radical (unpaired) electrons. The van der Waals surface area contributed by atoms with E-state index in [9.17, 15) is 0 Å². The Labute approximate surface area is 82.1 Å². The van der Waals surface area contributed by atoms with Crippen LogP contribution >= 0.6 is 34.2 Å². The lowest BCUT2D eigenvalue weighted by atomic mass is 10.3. The van der Waals surface area contributed by atoms with E-state index in [1.165, 1.54) is 0 Å². The molecule has 4 heteroatoms. The van der Waals surface area contributed by atoms with Gasteiger partial charge >= 0.3 is 0 Å². The highest BCUT2D eigenvalue weighted by Gasteiger charge is 2.03. The molecular formula is C7H4ClIN2. The van der Waals surface area contributed by atoms with Gasteiger partial charge in [-0.2, -0.15) is 0 Å². The summed E-state index contributed by atoms with van der Waals surface area (Å²) in [5, 5.41) is 0.696. The van der Waals surface area contributed by atoms with E-state index in [0.717, 1.165) is 14.6 Å². The number of hydrogen-bond donors (Lipinski definition) is 1. The molecule has 1 N–H and O–H groups in total. The average Bonchev–Trinajstić information content (AvgIpc) is 2.45. The third kappa shape index (κ3) is 1.12. The third-order valence-corrected chi connectivity index (χ3v) is 2.68. The standard InChI is InChI=1S/C7H4ClIN2/c8-4-1-2-5(9)7-6(4)10-3-11-7/h1-3H,(H,10,11). The van der Waals surface area contributed by atoms with E-state index in [1.54, 1.807) is 6.33 Å². The molecule has 0 bridgehead atoms. The number of nitrogens with one attached hydrogen (secondary N) is 1. The van der Waals surface area contributed by atoms with Crippen molar-refractivity contribution in [1.82, 2.24) is 9.97 Å². The molecule has 0 aliphatic heterocycles. The van der Waals surface area contributed by atoms with Crippen molar-refractivity contribution in [2.24, 2.45) is 0 Å². The maximum atomic E-state index is 5.88. The molecule has 11 heavy (non-hydrogen) atoms. The van der Waals surface area contributed by atoms with Crippen molar-refractivity contribution in [2.45, 2.75) is 0 Å². The Balaban J connectivity index is 2.96. The number of halogens is 2. The molecule has 0 aliphatic rings. The predicted molar refractivity (Wildman–Crippen MR) is 53.8 cm³/mol. The summed E-state index contributed by atoms with van der Waals surface area (Å²) in [5.74, 6) is 0. The van der Waals surface area contributed by atoms with Crippen LogP contribution in [-0.2, 0) is 0 Å². The second-order valence-corrected chi connectivity index (χ2v) is 3.72. The van der Waals surface area contributed by atoms with Crippen LogP contribution in [0.5, 0.6) is 0 Å². The minimum absolute atomic E-state index is 0.696. The number of fused-ring (bicyclic) bond motifs is 1.